The van der Waals surface area contributed by atoms with Gasteiger partial charge in [0.05, 0.1) is 0 Å². The van der Waals surface area contributed by atoms with Gasteiger partial charge in [-0.2, -0.15) is 0 Å². The summed E-state index contributed by atoms with van der Waals surface area (Å²) in [6.45, 7) is 9.33. The summed E-state index contributed by atoms with van der Waals surface area (Å²) in [4.78, 5) is 0. The van der Waals surface area contributed by atoms with Gasteiger partial charge in [-0.1, -0.05) is 118 Å². The Morgan fingerprint density at radius 2 is 0.852 bits per heavy atom. The lowest BCUT2D eigenvalue weighted by Crippen LogP contribution is -2.21. The van der Waals surface area contributed by atoms with Crippen molar-refractivity contribution >= 4 is 11.6 Å². The molecule has 0 aromatic rings. The van der Waals surface area contributed by atoms with Crippen LogP contribution < -0.4 is 0 Å². The summed E-state index contributed by atoms with van der Waals surface area (Å²) in [5.41, 5.74) is 0.674. The Morgan fingerprint density at radius 3 is 1.33 bits per heavy atom. The minimum absolute atomic E-state index is 0.432. The number of halogens is 1. The van der Waals surface area contributed by atoms with Crippen molar-refractivity contribution in [3.8, 4) is 0 Å². The summed E-state index contributed by atoms with van der Waals surface area (Å²) in [7, 11) is 0. The maximum atomic E-state index is 6.40. The van der Waals surface area contributed by atoms with E-state index in [1.54, 1.807) is 0 Å². The third-order valence-electron chi connectivity index (χ3n) is 6.53. The first-order valence-electron chi connectivity index (χ1n) is 12.8. The van der Waals surface area contributed by atoms with Crippen LogP contribution in [0.25, 0.3) is 0 Å². The van der Waals surface area contributed by atoms with Crippen molar-refractivity contribution in [2.75, 3.05) is 0 Å². The highest BCUT2D eigenvalue weighted by molar-refractivity contribution is 6.20. The molecule has 164 valence electrons. The quantitative estimate of drug-likeness (QED) is 0.133. The topological polar surface area (TPSA) is 0 Å². The Morgan fingerprint density at radius 1 is 0.481 bits per heavy atom. The monoisotopic (exact) mass is 400 g/mol. The Balaban J connectivity index is 4.02. The SMILES string of the molecule is CCCCC(Cl)CCCCCCCCC(CCCC)(CCCC)CCCC. The van der Waals surface area contributed by atoms with Gasteiger partial charge in [0.1, 0.15) is 0 Å². The van der Waals surface area contributed by atoms with Gasteiger partial charge in [0.15, 0.2) is 0 Å². The highest BCUT2D eigenvalue weighted by Gasteiger charge is 2.27. The van der Waals surface area contributed by atoms with Crippen LogP contribution in [0, 0.1) is 5.41 Å². The van der Waals surface area contributed by atoms with Gasteiger partial charge in [-0.25, -0.2) is 0 Å². The van der Waals surface area contributed by atoms with Crippen molar-refractivity contribution in [1.29, 1.82) is 0 Å². The number of alkyl halides is 1. The van der Waals surface area contributed by atoms with E-state index in [-0.39, 0.29) is 0 Å². The average molecular weight is 401 g/mol. The zero-order valence-electron chi connectivity index (χ0n) is 19.6. The molecular formula is C26H53Cl. The summed E-state index contributed by atoms with van der Waals surface area (Å²) >= 11 is 6.40. The van der Waals surface area contributed by atoms with E-state index in [4.69, 9.17) is 11.6 Å². The third kappa shape index (κ3) is 15.8. The fourth-order valence-electron chi connectivity index (χ4n) is 4.55. The van der Waals surface area contributed by atoms with E-state index in [0.717, 1.165) is 0 Å². The summed E-state index contributed by atoms with van der Waals surface area (Å²) in [6.07, 6.45) is 27.9. The van der Waals surface area contributed by atoms with Crippen molar-refractivity contribution in [2.24, 2.45) is 5.41 Å². The lowest BCUT2D eigenvalue weighted by Gasteiger charge is -2.35. The van der Waals surface area contributed by atoms with Gasteiger partial charge in [0.25, 0.3) is 0 Å². The number of hydrogen-bond donors (Lipinski definition) is 0. The highest BCUT2D eigenvalue weighted by Crippen LogP contribution is 2.41. The number of unbranched alkanes of at least 4 members (excludes halogenated alkanes) is 9. The van der Waals surface area contributed by atoms with Crippen LogP contribution in [0.1, 0.15) is 156 Å². The van der Waals surface area contributed by atoms with Crippen LogP contribution in [0.5, 0.6) is 0 Å². The van der Waals surface area contributed by atoms with E-state index in [9.17, 15) is 0 Å². The largest absolute Gasteiger partial charge is 0.123 e. The van der Waals surface area contributed by atoms with E-state index in [1.807, 2.05) is 0 Å². The Hall–Kier alpha value is 0.290. The molecule has 0 rings (SSSR count). The molecule has 0 fully saturated rings. The van der Waals surface area contributed by atoms with Crippen molar-refractivity contribution in [3.63, 3.8) is 0 Å². The second-order valence-electron chi connectivity index (χ2n) is 9.21. The second-order valence-corrected chi connectivity index (χ2v) is 9.83. The molecule has 1 atom stereocenters. The molecule has 27 heavy (non-hydrogen) atoms. The van der Waals surface area contributed by atoms with Crippen LogP contribution in [0.15, 0.2) is 0 Å². The smallest absolute Gasteiger partial charge is 0.0336 e. The lowest BCUT2D eigenvalue weighted by atomic mass is 9.71. The summed E-state index contributed by atoms with van der Waals surface area (Å²) in [5.74, 6) is 0. The summed E-state index contributed by atoms with van der Waals surface area (Å²) in [6, 6.07) is 0. The van der Waals surface area contributed by atoms with E-state index >= 15 is 0 Å². The molecule has 0 N–H and O–H groups in total. The van der Waals surface area contributed by atoms with Crippen LogP contribution in [-0.2, 0) is 0 Å². The van der Waals surface area contributed by atoms with Gasteiger partial charge < -0.3 is 0 Å². The molecule has 0 aromatic carbocycles. The number of rotatable bonds is 21. The van der Waals surface area contributed by atoms with E-state index in [2.05, 4.69) is 27.7 Å². The van der Waals surface area contributed by atoms with Crippen LogP contribution >= 0.6 is 11.6 Å². The fourth-order valence-corrected chi connectivity index (χ4v) is 4.86. The molecule has 0 aliphatic heterocycles. The van der Waals surface area contributed by atoms with Crippen LogP contribution in [0.4, 0.5) is 0 Å². The average Bonchev–Trinajstić information content (AvgIpc) is 2.69. The minimum Gasteiger partial charge on any atom is -0.123 e. The van der Waals surface area contributed by atoms with E-state index < -0.39 is 0 Å². The molecule has 0 amide bonds. The van der Waals surface area contributed by atoms with Crippen LogP contribution in [-0.4, -0.2) is 5.38 Å². The second kappa shape index (κ2) is 19.6. The zero-order valence-corrected chi connectivity index (χ0v) is 20.4. The maximum absolute atomic E-state index is 6.40. The first-order chi connectivity index (χ1) is 13.1. The summed E-state index contributed by atoms with van der Waals surface area (Å²) < 4.78 is 0. The first-order valence-corrected chi connectivity index (χ1v) is 13.2. The van der Waals surface area contributed by atoms with Gasteiger partial charge in [0.2, 0.25) is 0 Å². The van der Waals surface area contributed by atoms with Gasteiger partial charge in [-0.05, 0) is 43.9 Å². The molecule has 0 nitrogen and oxygen atoms in total. The van der Waals surface area contributed by atoms with Crippen LogP contribution in [0.3, 0.4) is 0 Å². The molecule has 0 aliphatic carbocycles. The van der Waals surface area contributed by atoms with Gasteiger partial charge in [0, 0.05) is 5.38 Å². The molecule has 0 aliphatic rings. The van der Waals surface area contributed by atoms with Crippen molar-refractivity contribution < 1.29 is 0 Å². The summed E-state index contributed by atoms with van der Waals surface area (Å²) in [5, 5.41) is 0.432. The van der Waals surface area contributed by atoms with E-state index in [1.165, 1.54) is 128 Å². The predicted octanol–water partition coefficient (Wildman–Crippen LogP) is 10.5. The van der Waals surface area contributed by atoms with Crippen molar-refractivity contribution in [1.82, 2.24) is 0 Å². The molecule has 0 saturated heterocycles. The Kier molecular flexibility index (Phi) is 19.8. The zero-order chi connectivity index (χ0) is 20.2. The standard InChI is InChI=1S/C26H53Cl/c1-5-9-19-25(27)20-17-15-13-14-16-18-24-26(21-10-6-2,22-11-7-3)23-12-8-4/h25H,5-24H2,1-4H3. The molecule has 0 spiro atoms. The molecule has 1 unspecified atom stereocenters. The molecule has 0 saturated carbocycles. The van der Waals surface area contributed by atoms with Gasteiger partial charge in [-0.15, -0.1) is 11.6 Å². The van der Waals surface area contributed by atoms with Crippen molar-refractivity contribution in [2.45, 2.75) is 161 Å². The highest BCUT2D eigenvalue weighted by atomic mass is 35.5. The first kappa shape index (κ1) is 27.3. The molecule has 0 radical (unpaired) electrons. The van der Waals surface area contributed by atoms with Crippen LogP contribution in [0.2, 0.25) is 0 Å². The molecule has 1 heteroatoms. The Bertz CT molecular complexity index is 264. The number of hydrogen-bond acceptors (Lipinski definition) is 0. The van der Waals surface area contributed by atoms with Gasteiger partial charge in [-0.3, -0.25) is 0 Å². The molecule has 0 aromatic heterocycles. The lowest BCUT2D eigenvalue weighted by molar-refractivity contribution is 0.175. The van der Waals surface area contributed by atoms with Gasteiger partial charge >= 0.3 is 0 Å². The van der Waals surface area contributed by atoms with E-state index in [0.29, 0.717) is 10.8 Å². The Labute approximate surface area is 178 Å². The predicted molar refractivity (Wildman–Crippen MR) is 127 cm³/mol. The molecule has 0 heterocycles. The normalized spacial score (nSPS) is 13.2. The minimum atomic E-state index is 0.432. The molecular weight excluding hydrogens is 348 g/mol. The van der Waals surface area contributed by atoms with Crippen molar-refractivity contribution in [3.05, 3.63) is 0 Å². The molecule has 0 bridgehead atoms. The fraction of sp³-hybridized carbons (Fsp3) is 1.00. The maximum Gasteiger partial charge on any atom is 0.0336 e. The third-order valence-corrected chi connectivity index (χ3v) is 6.96.